The van der Waals surface area contributed by atoms with E-state index in [1.54, 1.807) is 20.8 Å². The van der Waals surface area contributed by atoms with Crippen molar-refractivity contribution in [1.29, 1.82) is 0 Å². The van der Waals surface area contributed by atoms with Crippen LogP contribution in [-0.4, -0.2) is 24.1 Å². The summed E-state index contributed by atoms with van der Waals surface area (Å²) in [6, 6.07) is 0. The molecule has 0 amide bonds. The van der Waals surface area contributed by atoms with Gasteiger partial charge in [0.1, 0.15) is 0 Å². The molecule has 0 spiro atoms. The highest BCUT2D eigenvalue weighted by Crippen LogP contribution is 1.95. The topological polar surface area (TPSA) is 60.4 Å². The Balaban J connectivity index is 4.13. The predicted octanol–water partition coefficient (Wildman–Crippen LogP) is 1.04. The van der Waals surface area contributed by atoms with Gasteiger partial charge in [0.25, 0.3) is 0 Å². The normalized spacial score (nSPS) is 9.07. The van der Waals surface area contributed by atoms with E-state index in [2.05, 4.69) is 4.74 Å². The first-order valence-corrected chi connectivity index (χ1v) is 4.35. The maximum Gasteiger partial charge on any atom is 0.375 e. The van der Waals surface area contributed by atoms with Gasteiger partial charge < -0.3 is 4.74 Å². The molecular formula is C10H14O4. The van der Waals surface area contributed by atoms with Crippen LogP contribution in [-0.2, 0) is 19.1 Å². The average molecular weight is 198 g/mol. The molecule has 0 aromatic heterocycles. The second-order valence-electron chi connectivity index (χ2n) is 3.01. The van der Waals surface area contributed by atoms with Gasteiger partial charge in [0, 0.05) is 0 Å². The molecule has 0 saturated carbocycles. The predicted molar refractivity (Wildman–Crippen MR) is 50.7 cm³/mol. The van der Waals surface area contributed by atoms with E-state index in [0.717, 1.165) is 5.57 Å². The van der Waals surface area contributed by atoms with Crippen LogP contribution < -0.4 is 0 Å². The van der Waals surface area contributed by atoms with Crippen LogP contribution in [0.5, 0.6) is 0 Å². The SMILES string of the molecule is CCOC(=O)C(=O)CC(=O)C=C(C)C. The van der Waals surface area contributed by atoms with Crippen molar-refractivity contribution in [3.8, 4) is 0 Å². The zero-order valence-electron chi connectivity index (χ0n) is 8.62. The molecule has 0 heterocycles. The first kappa shape index (κ1) is 12.6. The monoisotopic (exact) mass is 198 g/mol. The Hall–Kier alpha value is -1.45. The third-order valence-corrected chi connectivity index (χ3v) is 1.29. The van der Waals surface area contributed by atoms with Crippen LogP contribution in [0, 0.1) is 0 Å². The van der Waals surface area contributed by atoms with E-state index >= 15 is 0 Å². The Morgan fingerprint density at radius 2 is 1.79 bits per heavy atom. The van der Waals surface area contributed by atoms with Gasteiger partial charge in [-0.25, -0.2) is 4.79 Å². The zero-order valence-corrected chi connectivity index (χ0v) is 8.62. The van der Waals surface area contributed by atoms with E-state index in [4.69, 9.17) is 0 Å². The van der Waals surface area contributed by atoms with Crippen LogP contribution in [0.1, 0.15) is 27.2 Å². The summed E-state index contributed by atoms with van der Waals surface area (Å²) in [7, 11) is 0. The van der Waals surface area contributed by atoms with Crippen molar-refractivity contribution in [2.24, 2.45) is 0 Å². The average Bonchev–Trinajstić information content (AvgIpc) is 2.02. The van der Waals surface area contributed by atoms with Gasteiger partial charge in [0.15, 0.2) is 5.78 Å². The molecular weight excluding hydrogens is 184 g/mol. The van der Waals surface area contributed by atoms with Gasteiger partial charge in [-0.15, -0.1) is 0 Å². The van der Waals surface area contributed by atoms with Crippen LogP contribution in [0.4, 0.5) is 0 Å². The van der Waals surface area contributed by atoms with E-state index in [1.165, 1.54) is 6.08 Å². The zero-order chi connectivity index (χ0) is 11.1. The minimum Gasteiger partial charge on any atom is -0.460 e. The van der Waals surface area contributed by atoms with E-state index in [-0.39, 0.29) is 12.4 Å². The number of hydrogen-bond donors (Lipinski definition) is 0. The van der Waals surface area contributed by atoms with Gasteiger partial charge in [-0.05, 0) is 26.8 Å². The summed E-state index contributed by atoms with van der Waals surface area (Å²) in [6.07, 6.45) is 0.918. The van der Waals surface area contributed by atoms with Gasteiger partial charge in [0.05, 0.1) is 13.0 Å². The summed E-state index contributed by atoms with van der Waals surface area (Å²) in [5.41, 5.74) is 0.798. The molecule has 0 unspecified atom stereocenters. The molecule has 0 rings (SSSR count). The van der Waals surface area contributed by atoms with Crippen molar-refractivity contribution >= 4 is 17.5 Å². The molecule has 4 nitrogen and oxygen atoms in total. The minimum atomic E-state index is -0.942. The van der Waals surface area contributed by atoms with Gasteiger partial charge in [-0.1, -0.05) is 5.57 Å². The Labute approximate surface area is 82.9 Å². The highest BCUT2D eigenvalue weighted by Gasteiger charge is 2.17. The highest BCUT2D eigenvalue weighted by atomic mass is 16.5. The molecule has 0 aliphatic rings. The first-order chi connectivity index (χ1) is 6.47. The third-order valence-electron chi connectivity index (χ3n) is 1.29. The number of Topliss-reactive ketones (excluding diaryl/α,β-unsaturated/α-hetero) is 1. The van der Waals surface area contributed by atoms with E-state index < -0.39 is 18.2 Å². The fourth-order valence-corrected chi connectivity index (χ4v) is 0.815. The second-order valence-corrected chi connectivity index (χ2v) is 3.01. The van der Waals surface area contributed by atoms with Gasteiger partial charge in [-0.3, -0.25) is 9.59 Å². The van der Waals surface area contributed by atoms with Crippen molar-refractivity contribution in [1.82, 2.24) is 0 Å². The number of allylic oxidation sites excluding steroid dienone is 2. The number of rotatable bonds is 5. The van der Waals surface area contributed by atoms with Crippen molar-refractivity contribution in [3.05, 3.63) is 11.6 Å². The van der Waals surface area contributed by atoms with Crippen molar-refractivity contribution < 1.29 is 19.1 Å². The molecule has 0 N–H and O–H groups in total. The molecule has 14 heavy (non-hydrogen) atoms. The summed E-state index contributed by atoms with van der Waals surface area (Å²) in [5, 5.41) is 0. The largest absolute Gasteiger partial charge is 0.460 e. The van der Waals surface area contributed by atoms with Crippen LogP contribution in [0.25, 0.3) is 0 Å². The first-order valence-electron chi connectivity index (χ1n) is 4.35. The van der Waals surface area contributed by atoms with Crippen molar-refractivity contribution in [2.45, 2.75) is 27.2 Å². The Morgan fingerprint density at radius 3 is 2.21 bits per heavy atom. The van der Waals surface area contributed by atoms with Gasteiger partial charge in [0.2, 0.25) is 5.78 Å². The number of esters is 1. The molecule has 0 bridgehead atoms. The lowest BCUT2D eigenvalue weighted by atomic mass is 10.1. The van der Waals surface area contributed by atoms with Crippen molar-refractivity contribution in [2.75, 3.05) is 6.61 Å². The fourth-order valence-electron chi connectivity index (χ4n) is 0.815. The number of carbonyl (C=O) groups excluding carboxylic acids is 3. The van der Waals surface area contributed by atoms with Crippen LogP contribution >= 0.6 is 0 Å². The van der Waals surface area contributed by atoms with E-state index in [0.29, 0.717) is 0 Å². The Kier molecular flexibility index (Phi) is 5.44. The number of carbonyl (C=O) groups is 3. The lowest BCUT2D eigenvalue weighted by molar-refractivity contribution is -0.154. The van der Waals surface area contributed by atoms with Crippen LogP contribution in [0.3, 0.4) is 0 Å². The summed E-state index contributed by atoms with van der Waals surface area (Å²) in [5.74, 6) is -2.11. The third kappa shape index (κ3) is 5.24. The van der Waals surface area contributed by atoms with Crippen molar-refractivity contribution in [3.63, 3.8) is 0 Å². The summed E-state index contributed by atoms with van der Waals surface area (Å²) in [4.78, 5) is 32.9. The summed E-state index contributed by atoms with van der Waals surface area (Å²) < 4.78 is 4.45. The Morgan fingerprint density at radius 1 is 1.21 bits per heavy atom. The maximum atomic E-state index is 11.1. The fraction of sp³-hybridized carbons (Fsp3) is 0.500. The molecule has 0 radical (unpaired) electrons. The molecule has 0 aromatic rings. The number of ketones is 2. The maximum absolute atomic E-state index is 11.1. The standard InChI is InChI=1S/C10H14O4/c1-4-14-10(13)9(12)6-8(11)5-7(2)3/h5H,4,6H2,1-3H3. The lowest BCUT2D eigenvalue weighted by Crippen LogP contribution is -2.19. The molecule has 78 valence electrons. The molecule has 0 aliphatic heterocycles. The molecule has 0 aromatic carbocycles. The van der Waals surface area contributed by atoms with Gasteiger partial charge >= 0.3 is 5.97 Å². The summed E-state index contributed by atoms with van der Waals surface area (Å²) >= 11 is 0. The van der Waals surface area contributed by atoms with E-state index in [9.17, 15) is 14.4 Å². The van der Waals surface area contributed by atoms with Gasteiger partial charge in [-0.2, -0.15) is 0 Å². The number of ether oxygens (including phenoxy) is 1. The van der Waals surface area contributed by atoms with E-state index in [1.807, 2.05) is 0 Å². The Bertz CT molecular complexity index is 272. The quantitative estimate of drug-likeness (QED) is 0.286. The van der Waals surface area contributed by atoms with Crippen LogP contribution in [0.15, 0.2) is 11.6 Å². The molecule has 0 aliphatic carbocycles. The lowest BCUT2D eigenvalue weighted by Gasteiger charge is -1.98. The number of hydrogen-bond acceptors (Lipinski definition) is 4. The molecule has 4 heteroatoms. The molecule has 0 saturated heterocycles. The second kappa shape index (κ2) is 6.07. The summed E-state index contributed by atoms with van der Waals surface area (Å²) in [6.45, 7) is 5.23. The minimum absolute atomic E-state index is 0.140. The van der Waals surface area contributed by atoms with Crippen LogP contribution in [0.2, 0.25) is 0 Å². The molecule has 0 atom stereocenters. The molecule has 0 fully saturated rings. The highest BCUT2D eigenvalue weighted by molar-refractivity contribution is 6.37. The smallest absolute Gasteiger partial charge is 0.375 e.